The Morgan fingerprint density at radius 1 is 0.571 bits per heavy atom. The van der Waals surface area contributed by atoms with Gasteiger partial charge in [-0.25, -0.2) is 0 Å². The Hall–Kier alpha value is -3.80. The Morgan fingerprint density at radius 3 is 1.65 bits per heavy atom. The normalized spacial score (nSPS) is 15.7. The maximum atomic E-state index is 6.82. The zero-order valence-corrected chi connectivity index (χ0v) is 31.0. The quantitative estimate of drug-likeness (QED) is 0.184. The number of fused-ring (bicyclic) bond motifs is 6. The molecular formula is C36H38B9NO3. The molecular weight excluding hydrogens is 592 g/mol. The highest BCUT2D eigenvalue weighted by molar-refractivity contribution is 6.71. The predicted molar refractivity (Wildman–Crippen MR) is 235 cm³/mol. The Morgan fingerprint density at radius 2 is 1.10 bits per heavy atom. The topological polar surface area (TPSA) is 36.5 Å². The third-order valence-corrected chi connectivity index (χ3v) is 12.5. The Balaban J connectivity index is 1.48. The molecule has 13 heteroatoms. The van der Waals surface area contributed by atoms with Crippen LogP contribution < -0.4 is 49.2 Å². The smallest absolute Gasteiger partial charge is 0.455 e. The van der Waals surface area contributed by atoms with Crippen molar-refractivity contribution in [3.05, 3.63) is 60.7 Å². The maximum Gasteiger partial charge on any atom is 0.494 e. The Bertz CT molecular complexity index is 2460. The van der Waals surface area contributed by atoms with Crippen LogP contribution in [-0.2, 0) is 9.31 Å². The maximum absolute atomic E-state index is 6.82. The van der Waals surface area contributed by atoms with Gasteiger partial charge in [-0.1, -0.05) is 75.2 Å². The first kappa shape index (κ1) is 32.4. The van der Waals surface area contributed by atoms with Gasteiger partial charge in [-0.15, -0.1) is 10.9 Å². The molecule has 0 unspecified atom stereocenters. The summed E-state index contributed by atoms with van der Waals surface area (Å²) in [5, 5.41) is 4.91. The van der Waals surface area contributed by atoms with E-state index in [-0.39, 0.29) is 0 Å². The van der Waals surface area contributed by atoms with Gasteiger partial charge in [0.25, 0.3) is 0 Å². The van der Waals surface area contributed by atoms with Gasteiger partial charge in [0.05, 0.1) is 11.2 Å². The van der Waals surface area contributed by atoms with E-state index >= 15 is 0 Å². The second-order valence-corrected chi connectivity index (χ2v) is 15.5. The van der Waals surface area contributed by atoms with Crippen LogP contribution in [0.15, 0.2) is 65.1 Å². The number of aromatic nitrogens is 1. The molecule has 49 heavy (non-hydrogen) atoms. The summed E-state index contributed by atoms with van der Waals surface area (Å²) < 4.78 is 22.2. The fourth-order valence-corrected chi connectivity index (χ4v) is 8.09. The van der Waals surface area contributed by atoms with E-state index in [1.807, 2.05) is 0 Å². The first-order valence-corrected chi connectivity index (χ1v) is 17.6. The summed E-state index contributed by atoms with van der Waals surface area (Å²) in [6.07, 6.45) is 0. The van der Waals surface area contributed by atoms with Gasteiger partial charge in [-0.2, -0.15) is 0 Å². The number of hydrogen-bond acceptors (Lipinski definition) is 3. The molecule has 0 atom stereocenters. The lowest BCUT2D eigenvalue weighted by molar-refractivity contribution is 0.00578. The minimum atomic E-state index is -0.458. The minimum absolute atomic E-state index is 0.418. The zero-order valence-electron chi connectivity index (χ0n) is 31.0. The van der Waals surface area contributed by atoms with Crippen molar-refractivity contribution in [1.29, 1.82) is 0 Å². The van der Waals surface area contributed by atoms with Gasteiger partial charge < -0.3 is 18.3 Å². The standard InChI is InChI=1S/C36H38B9NO3/c1-35(2)36(3,4)49-45(48-35)16-10-11-18-20-14-17(13-19(15-8-6-5-7-9-15)34(20)47-21(18)12-16)46-32-22(24(37)26(39)28(41)30(32)43)23-25(38)27(40)29(42)31(44)33(23)46/h5-14H,37-44H2,1-4H3. The number of nitrogens with zero attached hydrogens (tertiary/aromatic N) is 1. The highest BCUT2D eigenvalue weighted by atomic mass is 16.7. The van der Waals surface area contributed by atoms with Crippen molar-refractivity contribution in [1.82, 2.24) is 4.57 Å². The van der Waals surface area contributed by atoms with Crippen LogP contribution in [0.1, 0.15) is 27.7 Å². The largest absolute Gasteiger partial charge is 0.494 e. The molecule has 1 saturated heterocycles. The molecule has 1 aliphatic heterocycles. The first-order valence-electron chi connectivity index (χ1n) is 17.6. The van der Waals surface area contributed by atoms with Crippen LogP contribution >= 0.6 is 0 Å². The monoisotopic (exact) mass is 631 g/mol. The molecule has 0 amide bonds. The molecule has 0 aliphatic carbocycles. The predicted octanol–water partition coefficient (Wildman–Crippen LogP) is -5.28. The van der Waals surface area contributed by atoms with Gasteiger partial charge in [0.1, 0.15) is 73.9 Å². The minimum Gasteiger partial charge on any atom is -0.455 e. The molecule has 3 heterocycles. The average molecular weight is 630 g/mol. The fraction of sp³-hybridized carbons (Fsp3) is 0.167. The third-order valence-electron chi connectivity index (χ3n) is 12.5. The van der Waals surface area contributed by atoms with E-state index < -0.39 is 18.3 Å². The van der Waals surface area contributed by atoms with Crippen molar-refractivity contribution in [2.75, 3.05) is 0 Å². The van der Waals surface area contributed by atoms with E-state index in [1.54, 1.807) is 0 Å². The van der Waals surface area contributed by atoms with E-state index in [2.05, 4.69) is 156 Å². The lowest BCUT2D eigenvalue weighted by Gasteiger charge is -2.32. The molecule has 1 aliphatic rings. The SMILES string of the molecule is Bc1c(B)c(B)c2c(c1B)c1c(B)c(B)c(B)c(B)c1n2-c1cc(-c2ccccc2)c2oc3cc(B4OC(C)(C)C(C)(C)O4)ccc3c2c1. The lowest BCUT2D eigenvalue weighted by atomic mass is 9.63. The second-order valence-electron chi connectivity index (χ2n) is 15.5. The number of benzene rings is 5. The molecule has 0 radical (unpaired) electrons. The summed E-state index contributed by atoms with van der Waals surface area (Å²) in [4.78, 5) is 0. The van der Waals surface area contributed by atoms with Crippen LogP contribution in [-0.4, -0.2) is 85.7 Å². The van der Waals surface area contributed by atoms with Crippen molar-refractivity contribution >= 4 is 163 Å². The van der Waals surface area contributed by atoms with Gasteiger partial charge in [0, 0.05) is 33.1 Å². The Kier molecular flexibility index (Phi) is 7.18. The molecule has 0 spiro atoms. The van der Waals surface area contributed by atoms with Crippen molar-refractivity contribution in [3.63, 3.8) is 0 Å². The summed E-state index contributed by atoms with van der Waals surface area (Å²) in [7, 11) is 17.8. The summed E-state index contributed by atoms with van der Waals surface area (Å²) >= 11 is 0. The highest BCUT2D eigenvalue weighted by Crippen LogP contribution is 2.40. The molecule has 7 aromatic rings. The second kappa shape index (κ2) is 10.9. The molecule has 0 saturated carbocycles. The average Bonchev–Trinajstić information content (AvgIpc) is 3.70. The van der Waals surface area contributed by atoms with Crippen molar-refractivity contribution < 1.29 is 13.7 Å². The molecule has 2 aromatic heterocycles. The molecule has 0 N–H and O–H groups in total. The van der Waals surface area contributed by atoms with Gasteiger partial charge in [-0.3, -0.25) is 0 Å². The fourth-order valence-electron chi connectivity index (χ4n) is 8.09. The van der Waals surface area contributed by atoms with E-state index in [0.29, 0.717) is 0 Å². The van der Waals surface area contributed by atoms with E-state index in [9.17, 15) is 0 Å². The van der Waals surface area contributed by atoms with E-state index in [4.69, 9.17) is 13.7 Å². The Labute approximate surface area is 296 Å². The number of furan rings is 1. The van der Waals surface area contributed by atoms with Crippen LogP contribution in [0, 0.1) is 0 Å². The first-order chi connectivity index (χ1) is 23.1. The molecule has 5 aromatic carbocycles. The number of hydrogen-bond donors (Lipinski definition) is 0. The van der Waals surface area contributed by atoms with Crippen molar-refractivity contribution in [3.8, 4) is 16.8 Å². The lowest BCUT2D eigenvalue weighted by Crippen LogP contribution is -2.49. The van der Waals surface area contributed by atoms with Crippen molar-refractivity contribution in [2.45, 2.75) is 38.9 Å². The van der Waals surface area contributed by atoms with Gasteiger partial charge >= 0.3 is 7.12 Å². The van der Waals surface area contributed by atoms with Crippen molar-refractivity contribution in [2.24, 2.45) is 0 Å². The van der Waals surface area contributed by atoms with E-state index in [1.165, 1.54) is 65.5 Å². The molecule has 0 bridgehead atoms. The van der Waals surface area contributed by atoms with Crippen LogP contribution in [0.5, 0.6) is 0 Å². The van der Waals surface area contributed by atoms with Gasteiger partial charge in [0.2, 0.25) is 0 Å². The molecule has 232 valence electrons. The van der Waals surface area contributed by atoms with Gasteiger partial charge in [0.15, 0.2) is 0 Å². The third kappa shape index (κ3) is 4.50. The zero-order chi connectivity index (χ0) is 34.9. The number of rotatable bonds is 3. The molecule has 1 fully saturated rings. The van der Waals surface area contributed by atoms with Crippen LogP contribution in [0.4, 0.5) is 0 Å². The van der Waals surface area contributed by atoms with Gasteiger partial charge in [-0.05, 0) is 67.7 Å². The molecule has 4 nitrogen and oxygen atoms in total. The highest BCUT2D eigenvalue weighted by Gasteiger charge is 2.51. The summed E-state index contributed by atoms with van der Waals surface area (Å²) in [5.41, 5.74) is 18.6. The molecule has 8 rings (SSSR count). The van der Waals surface area contributed by atoms with E-state index in [0.717, 1.165) is 44.2 Å². The summed E-state index contributed by atoms with van der Waals surface area (Å²) in [6.45, 7) is 8.36. The van der Waals surface area contributed by atoms with Crippen LogP contribution in [0.2, 0.25) is 0 Å². The summed E-state index contributed by atoms with van der Waals surface area (Å²) in [5.74, 6) is 0. The van der Waals surface area contributed by atoms with Crippen LogP contribution in [0.3, 0.4) is 0 Å². The van der Waals surface area contributed by atoms with Crippen LogP contribution in [0.25, 0.3) is 60.6 Å². The summed E-state index contributed by atoms with van der Waals surface area (Å²) in [6, 6.07) is 21.7.